The highest BCUT2D eigenvalue weighted by Gasteiger charge is 2.32. The highest BCUT2D eigenvalue weighted by molar-refractivity contribution is 5.93. The molecular weight excluding hydrogens is 232 g/mol. The van der Waals surface area contributed by atoms with Crippen LogP contribution in [-0.2, 0) is 9.59 Å². The Morgan fingerprint density at radius 2 is 2.22 bits per heavy atom. The van der Waals surface area contributed by atoms with Crippen LogP contribution in [-0.4, -0.2) is 39.5 Å². The number of pyridine rings is 1. The van der Waals surface area contributed by atoms with Crippen molar-refractivity contribution in [2.45, 2.75) is 18.9 Å². The highest BCUT2D eigenvalue weighted by atomic mass is 16.4. The van der Waals surface area contributed by atoms with Gasteiger partial charge in [-0.2, -0.15) is 0 Å². The van der Waals surface area contributed by atoms with Crippen LogP contribution in [0.4, 0.5) is 0 Å². The molecule has 1 fully saturated rings. The number of carbonyl (C=O) groups excluding carboxylic acids is 1. The quantitative estimate of drug-likeness (QED) is 0.792. The van der Waals surface area contributed by atoms with Gasteiger partial charge in [-0.25, -0.2) is 0 Å². The predicted molar refractivity (Wildman–Crippen MR) is 65.6 cm³/mol. The molecule has 1 heterocycles. The molecule has 0 aliphatic heterocycles. The lowest BCUT2D eigenvalue weighted by atomic mass is 10.3. The molecule has 1 aliphatic carbocycles. The van der Waals surface area contributed by atoms with Gasteiger partial charge in [-0.15, -0.1) is 0 Å². The second-order valence-electron chi connectivity index (χ2n) is 4.18. The number of amides is 1. The summed E-state index contributed by atoms with van der Waals surface area (Å²) in [6, 6.07) is 5.48. The number of hydrogen-bond acceptors (Lipinski definition) is 3. The molecule has 1 aromatic heterocycles. The van der Waals surface area contributed by atoms with Gasteiger partial charge in [-0.1, -0.05) is 6.07 Å². The van der Waals surface area contributed by atoms with E-state index in [1.54, 1.807) is 24.4 Å². The van der Waals surface area contributed by atoms with E-state index in [1.165, 1.54) is 11.0 Å². The van der Waals surface area contributed by atoms with Gasteiger partial charge in [0.05, 0.1) is 5.69 Å². The average Bonchev–Trinajstić information content (AvgIpc) is 3.18. The maximum Gasteiger partial charge on any atom is 0.323 e. The Bertz CT molecular complexity index is 466. The fourth-order valence-electron chi connectivity index (χ4n) is 1.65. The maximum absolute atomic E-state index is 11.9. The van der Waals surface area contributed by atoms with Gasteiger partial charge >= 0.3 is 5.97 Å². The molecule has 2 rings (SSSR count). The van der Waals surface area contributed by atoms with Crippen LogP contribution < -0.4 is 0 Å². The summed E-state index contributed by atoms with van der Waals surface area (Å²) < 4.78 is 0. The van der Waals surface area contributed by atoms with Gasteiger partial charge in [0, 0.05) is 18.3 Å². The van der Waals surface area contributed by atoms with Crippen LogP contribution in [0.25, 0.3) is 6.08 Å². The summed E-state index contributed by atoms with van der Waals surface area (Å²) in [6.07, 6.45) is 6.39. The number of carboxylic acid groups (broad SMARTS) is 1. The van der Waals surface area contributed by atoms with E-state index in [0.29, 0.717) is 5.69 Å². The molecule has 0 radical (unpaired) electrons. The van der Waals surface area contributed by atoms with Gasteiger partial charge in [-0.05, 0) is 31.1 Å². The summed E-state index contributed by atoms with van der Waals surface area (Å²) >= 11 is 0. The first kappa shape index (κ1) is 12.3. The van der Waals surface area contributed by atoms with E-state index in [9.17, 15) is 9.59 Å². The molecule has 1 N–H and O–H groups in total. The van der Waals surface area contributed by atoms with Gasteiger partial charge in [-0.3, -0.25) is 14.6 Å². The molecule has 1 saturated carbocycles. The first-order chi connectivity index (χ1) is 8.66. The average molecular weight is 246 g/mol. The third kappa shape index (κ3) is 3.41. The van der Waals surface area contributed by atoms with Crippen molar-refractivity contribution in [1.29, 1.82) is 0 Å². The summed E-state index contributed by atoms with van der Waals surface area (Å²) in [5, 5.41) is 8.76. The number of nitrogens with zero attached hydrogens (tertiary/aromatic N) is 2. The minimum Gasteiger partial charge on any atom is -0.480 e. The summed E-state index contributed by atoms with van der Waals surface area (Å²) in [5.41, 5.74) is 0.678. The fourth-order valence-corrected chi connectivity index (χ4v) is 1.65. The number of rotatable bonds is 5. The third-order valence-corrected chi connectivity index (χ3v) is 2.66. The molecular formula is C13H14N2O3. The monoisotopic (exact) mass is 246 g/mol. The van der Waals surface area contributed by atoms with Crippen molar-refractivity contribution in [3.05, 3.63) is 36.2 Å². The Balaban J connectivity index is 2.01. The third-order valence-electron chi connectivity index (χ3n) is 2.66. The zero-order valence-electron chi connectivity index (χ0n) is 9.82. The first-order valence-corrected chi connectivity index (χ1v) is 5.78. The van der Waals surface area contributed by atoms with E-state index in [4.69, 9.17) is 5.11 Å². The number of hydrogen-bond donors (Lipinski definition) is 1. The molecule has 18 heavy (non-hydrogen) atoms. The van der Waals surface area contributed by atoms with E-state index in [-0.39, 0.29) is 18.5 Å². The smallest absolute Gasteiger partial charge is 0.323 e. The molecule has 0 saturated heterocycles. The summed E-state index contributed by atoms with van der Waals surface area (Å²) in [5.74, 6) is -1.26. The molecule has 94 valence electrons. The van der Waals surface area contributed by atoms with Crippen molar-refractivity contribution in [3.8, 4) is 0 Å². The molecule has 0 aromatic carbocycles. The molecule has 1 aromatic rings. The predicted octanol–water partition coefficient (Wildman–Crippen LogP) is 1.17. The minimum absolute atomic E-state index is 0.0852. The lowest BCUT2D eigenvalue weighted by Crippen LogP contribution is -2.36. The Hall–Kier alpha value is -2.17. The van der Waals surface area contributed by atoms with Gasteiger partial charge in [0.2, 0.25) is 5.91 Å². The van der Waals surface area contributed by atoms with Crippen LogP contribution in [0.5, 0.6) is 0 Å². The van der Waals surface area contributed by atoms with Crippen LogP contribution in [0.2, 0.25) is 0 Å². The zero-order chi connectivity index (χ0) is 13.0. The number of aromatic nitrogens is 1. The van der Waals surface area contributed by atoms with Gasteiger partial charge in [0.15, 0.2) is 0 Å². The normalized spacial score (nSPS) is 14.7. The zero-order valence-corrected chi connectivity index (χ0v) is 9.82. The van der Waals surface area contributed by atoms with E-state index < -0.39 is 5.97 Å². The minimum atomic E-state index is -0.985. The second-order valence-corrected chi connectivity index (χ2v) is 4.18. The molecule has 0 bridgehead atoms. The van der Waals surface area contributed by atoms with E-state index in [1.807, 2.05) is 6.07 Å². The van der Waals surface area contributed by atoms with Crippen molar-refractivity contribution in [2.24, 2.45) is 0 Å². The van der Waals surface area contributed by atoms with Crippen molar-refractivity contribution < 1.29 is 14.7 Å². The topological polar surface area (TPSA) is 70.5 Å². The van der Waals surface area contributed by atoms with E-state index in [2.05, 4.69) is 4.98 Å². The van der Waals surface area contributed by atoms with Crippen LogP contribution in [0.3, 0.4) is 0 Å². The van der Waals surface area contributed by atoms with Crippen molar-refractivity contribution >= 4 is 18.0 Å². The number of carboxylic acids is 1. The molecule has 1 aliphatic rings. The van der Waals surface area contributed by atoms with Gasteiger partial charge in [0.25, 0.3) is 0 Å². The maximum atomic E-state index is 11.9. The van der Waals surface area contributed by atoms with Gasteiger partial charge in [0.1, 0.15) is 6.54 Å². The van der Waals surface area contributed by atoms with Crippen molar-refractivity contribution in [3.63, 3.8) is 0 Å². The molecule has 0 atom stereocenters. The standard InChI is InChI=1S/C13H14N2O3/c16-12(7-4-10-3-1-2-8-14-10)15(9-13(17)18)11-5-6-11/h1-4,7-8,11H,5-6,9H2,(H,17,18)/b7-4+. The van der Waals surface area contributed by atoms with Crippen molar-refractivity contribution in [1.82, 2.24) is 9.88 Å². The Morgan fingerprint density at radius 3 is 2.78 bits per heavy atom. The van der Waals surface area contributed by atoms with E-state index in [0.717, 1.165) is 12.8 Å². The second kappa shape index (κ2) is 5.44. The Morgan fingerprint density at radius 1 is 1.44 bits per heavy atom. The first-order valence-electron chi connectivity index (χ1n) is 5.78. The fraction of sp³-hybridized carbons (Fsp3) is 0.308. The molecule has 1 amide bonds. The number of carbonyl (C=O) groups is 2. The molecule has 5 nitrogen and oxygen atoms in total. The van der Waals surface area contributed by atoms with Crippen LogP contribution in [0.1, 0.15) is 18.5 Å². The van der Waals surface area contributed by atoms with E-state index >= 15 is 0 Å². The SMILES string of the molecule is O=C(O)CN(C(=O)/C=C/c1ccccn1)C1CC1. The van der Waals surface area contributed by atoms with Crippen LogP contribution >= 0.6 is 0 Å². The highest BCUT2D eigenvalue weighted by Crippen LogP contribution is 2.26. The summed E-state index contributed by atoms with van der Waals surface area (Å²) in [4.78, 5) is 28.0. The van der Waals surface area contributed by atoms with Gasteiger partial charge < -0.3 is 10.0 Å². The molecule has 0 spiro atoms. The van der Waals surface area contributed by atoms with Crippen LogP contribution in [0.15, 0.2) is 30.5 Å². The Labute approximate surface area is 105 Å². The number of aliphatic carboxylic acids is 1. The molecule has 0 unspecified atom stereocenters. The van der Waals surface area contributed by atoms with Crippen LogP contribution in [0, 0.1) is 0 Å². The largest absolute Gasteiger partial charge is 0.480 e. The lowest BCUT2D eigenvalue weighted by Gasteiger charge is -2.17. The lowest BCUT2D eigenvalue weighted by molar-refractivity contribution is -0.143. The molecule has 5 heteroatoms. The van der Waals surface area contributed by atoms with Crippen molar-refractivity contribution in [2.75, 3.05) is 6.54 Å². The Kier molecular flexibility index (Phi) is 3.72. The summed E-state index contributed by atoms with van der Waals surface area (Å²) in [7, 11) is 0. The summed E-state index contributed by atoms with van der Waals surface area (Å²) in [6.45, 7) is -0.240.